The topological polar surface area (TPSA) is 32.3 Å². The van der Waals surface area contributed by atoms with Gasteiger partial charge in [-0.2, -0.15) is 0 Å². The minimum Gasteiger partial charge on any atom is -0.316 e. The summed E-state index contributed by atoms with van der Waals surface area (Å²) in [5.41, 5.74) is 3.16. The summed E-state index contributed by atoms with van der Waals surface area (Å²) >= 11 is 0. The molecule has 0 aliphatic heterocycles. The van der Waals surface area contributed by atoms with Crippen LogP contribution in [0.25, 0.3) is 0 Å². The number of nitrogens with one attached hydrogen (secondary N) is 1. The number of rotatable bonds is 3. The van der Waals surface area contributed by atoms with E-state index >= 15 is 0 Å². The number of benzene rings is 1. The number of alkyl halides is 2. The zero-order chi connectivity index (χ0) is 9.84. The second-order valence-corrected chi connectivity index (χ2v) is 2.84. The molecule has 0 bridgehead atoms. The number of halogens is 2. The molecular formula is C9H11F2NO. The molecule has 1 aromatic carbocycles. The van der Waals surface area contributed by atoms with Crippen LogP contribution in [0, 0.1) is 6.92 Å². The van der Waals surface area contributed by atoms with Crippen molar-refractivity contribution in [1.82, 2.24) is 5.48 Å². The quantitative estimate of drug-likeness (QED) is 0.712. The van der Waals surface area contributed by atoms with Gasteiger partial charge in [-0.25, -0.2) is 14.3 Å². The highest BCUT2D eigenvalue weighted by Gasteiger charge is 2.11. The van der Waals surface area contributed by atoms with E-state index in [9.17, 15) is 8.78 Å². The van der Waals surface area contributed by atoms with E-state index in [2.05, 4.69) is 0 Å². The predicted octanol–water partition coefficient (Wildman–Crippen LogP) is 2.41. The van der Waals surface area contributed by atoms with Crippen molar-refractivity contribution < 1.29 is 14.0 Å². The molecule has 0 unspecified atom stereocenters. The number of hydrogen-bond acceptors (Lipinski definition) is 2. The molecule has 4 heteroatoms. The Morgan fingerprint density at radius 1 is 1.46 bits per heavy atom. The van der Waals surface area contributed by atoms with Crippen LogP contribution >= 0.6 is 0 Å². The molecule has 1 rings (SSSR count). The number of aryl methyl sites for hydroxylation is 1. The van der Waals surface area contributed by atoms with E-state index in [1.54, 1.807) is 12.1 Å². The van der Waals surface area contributed by atoms with Gasteiger partial charge in [0.25, 0.3) is 6.43 Å². The largest absolute Gasteiger partial charge is 0.316 e. The minimum absolute atomic E-state index is 0.0350. The molecule has 0 fully saturated rings. The fraction of sp³-hybridized carbons (Fsp3) is 0.333. The summed E-state index contributed by atoms with van der Waals surface area (Å²) < 4.78 is 24.7. The molecular weight excluding hydrogens is 176 g/mol. The zero-order valence-electron chi connectivity index (χ0n) is 7.22. The predicted molar refractivity (Wildman–Crippen MR) is 44.8 cm³/mol. The summed E-state index contributed by atoms with van der Waals surface area (Å²) in [5, 5.41) is 8.42. The molecule has 0 heterocycles. The van der Waals surface area contributed by atoms with Gasteiger partial charge in [-0.3, -0.25) is 0 Å². The lowest BCUT2D eigenvalue weighted by Gasteiger charge is -2.08. The van der Waals surface area contributed by atoms with Crippen LogP contribution in [0.5, 0.6) is 0 Å². The molecule has 0 aliphatic carbocycles. The van der Waals surface area contributed by atoms with Crippen molar-refractivity contribution in [3.05, 3.63) is 34.9 Å². The van der Waals surface area contributed by atoms with Crippen LogP contribution in [0.1, 0.15) is 23.1 Å². The van der Waals surface area contributed by atoms with Crippen LogP contribution < -0.4 is 5.48 Å². The van der Waals surface area contributed by atoms with Crippen molar-refractivity contribution in [2.24, 2.45) is 0 Å². The van der Waals surface area contributed by atoms with Gasteiger partial charge < -0.3 is 5.21 Å². The first-order valence-corrected chi connectivity index (χ1v) is 3.89. The third-order valence-corrected chi connectivity index (χ3v) is 1.80. The molecule has 0 aliphatic rings. The van der Waals surface area contributed by atoms with Crippen molar-refractivity contribution >= 4 is 0 Å². The summed E-state index contributed by atoms with van der Waals surface area (Å²) in [5.74, 6) is 0. The third-order valence-electron chi connectivity index (χ3n) is 1.80. The normalized spacial score (nSPS) is 10.8. The van der Waals surface area contributed by atoms with Crippen molar-refractivity contribution in [2.75, 3.05) is 0 Å². The first-order chi connectivity index (χ1) is 6.15. The highest BCUT2D eigenvalue weighted by Crippen LogP contribution is 2.23. The van der Waals surface area contributed by atoms with Crippen molar-refractivity contribution in [2.45, 2.75) is 19.9 Å². The zero-order valence-corrected chi connectivity index (χ0v) is 7.22. The van der Waals surface area contributed by atoms with Gasteiger partial charge in [0, 0.05) is 12.1 Å². The number of hydrogen-bond donors (Lipinski definition) is 2. The Kier molecular flexibility index (Phi) is 3.33. The molecule has 0 spiro atoms. The van der Waals surface area contributed by atoms with Gasteiger partial charge in [0.2, 0.25) is 0 Å². The highest BCUT2D eigenvalue weighted by atomic mass is 19.3. The number of hydroxylamine groups is 1. The lowest BCUT2D eigenvalue weighted by molar-refractivity contribution is 0.142. The van der Waals surface area contributed by atoms with Gasteiger partial charge in [-0.15, -0.1) is 0 Å². The lowest BCUT2D eigenvalue weighted by Crippen LogP contribution is -2.09. The van der Waals surface area contributed by atoms with Gasteiger partial charge in [0.15, 0.2) is 0 Å². The molecule has 72 valence electrons. The van der Waals surface area contributed by atoms with Crippen molar-refractivity contribution in [3.8, 4) is 0 Å². The fourth-order valence-corrected chi connectivity index (χ4v) is 1.19. The molecule has 0 radical (unpaired) electrons. The molecule has 0 aromatic heterocycles. The Bertz CT molecular complexity index is 289. The van der Waals surface area contributed by atoms with Gasteiger partial charge in [0.1, 0.15) is 0 Å². The monoisotopic (exact) mass is 187 g/mol. The Labute approximate surface area is 75.2 Å². The average Bonchev–Trinajstić information content (AvgIpc) is 2.04. The standard InChI is InChI=1S/C9H11F2NO/c1-6-2-3-8(9(10)11)7(4-6)5-12-13/h2-4,9,12-13H,5H2,1H3. The van der Waals surface area contributed by atoms with Crippen LogP contribution in [-0.4, -0.2) is 5.21 Å². The fourth-order valence-electron chi connectivity index (χ4n) is 1.19. The maximum absolute atomic E-state index is 12.4. The summed E-state index contributed by atoms with van der Waals surface area (Å²) in [6.07, 6.45) is -2.50. The second-order valence-electron chi connectivity index (χ2n) is 2.84. The Balaban J connectivity index is 3.03. The highest BCUT2D eigenvalue weighted by molar-refractivity contribution is 5.32. The average molecular weight is 187 g/mol. The summed E-state index contributed by atoms with van der Waals surface area (Å²) in [4.78, 5) is 0. The first kappa shape index (κ1) is 10.1. The third kappa shape index (κ3) is 2.47. The van der Waals surface area contributed by atoms with Crippen LogP contribution in [0.3, 0.4) is 0 Å². The molecule has 13 heavy (non-hydrogen) atoms. The second kappa shape index (κ2) is 4.30. The SMILES string of the molecule is Cc1ccc(C(F)F)c(CNO)c1. The van der Waals surface area contributed by atoms with E-state index in [0.29, 0.717) is 5.56 Å². The van der Waals surface area contributed by atoms with E-state index in [0.717, 1.165) is 5.56 Å². The maximum atomic E-state index is 12.4. The van der Waals surface area contributed by atoms with Gasteiger partial charge in [-0.1, -0.05) is 23.8 Å². The Morgan fingerprint density at radius 3 is 2.69 bits per heavy atom. The van der Waals surface area contributed by atoms with E-state index in [4.69, 9.17) is 5.21 Å². The molecule has 0 amide bonds. The molecule has 1 aromatic rings. The summed E-state index contributed by atoms with van der Waals surface area (Å²) in [7, 11) is 0. The smallest absolute Gasteiger partial charge is 0.264 e. The molecule has 2 N–H and O–H groups in total. The van der Waals surface area contributed by atoms with Crippen LogP contribution in [-0.2, 0) is 6.54 Å². The van der Waals surface area contributed by atoms with Crippen molar-refractivity contribution in [1.29, 1.82) is 0 Å². The van der Waals surface area contributed by atoms with Gasteiger partial charge in [-0.05, 0) is 12.5 Å². The van der Waals surface area contributed by atoms with E-state index < -0.39 is 6.43 Å². The van der Waals surface area contributed by atoms with Gasteiger partial charge in [0.05, 0.1) is 0 Å². The maximum Gasteiger partial charge on any atom is 0.264 e. The van der Waals surface area contributed by atoms with E-state index in [-0.39, 0.29) is 12.1 Å². The summed E-state index contributed by atoms with van der Waals surface area (Å²) in [6, 6.07) is 4.64. The molecule has 0 saturated heterocycles. The molecule has 2 nitrogen and oxygen atoms in total. The van der Waals surface area contributed by atoms with Gasteiger partial charge >= 0.3 is 0 Å². The molecule has 0 atom stereocenters. The Morgan fingerprint density at radius 2 is 2.15 bits per heavy atom. The Hall–Kier alpha value is -1.00. The first-order valence-electron chi connectivity index (χ1n) is 3.89. The molecule has 0 saturated carbocycles. The summed E-state index contributed by atoms with van der Waals surface area (Å²) in [6.45, 7) is 1.86. The minimum atomic E-state index is -2.50. The van der Waals surface area contributed by atoms with Crippen molar-refractivity contribution in [3.63, 3.8) is 0 Å². The van der Waals surface area contributed by atoms with E-state index in [1.165, 1.54) is 6.07 Å². The van der Waals surface area contributed by atoms with E-state index in [1.807, 2.05) is 12.4 Å². The van der Waals surface area contributed by atoms with Crippen LogP contribution in [0.15, 0.2) is 18.2 Å². The lowest BCUT2D eigenvalue weighted by atomic mass is 10.1. The van der Waals surface area contributed by atoms with Crippen LogP contribution in [0.4, 0.5) is 8.78 Å². The van der Waals surface area contributed by atoms with Crippen LogP contribution in [0.2, 0.25) is 0 Å².